The van der Waals surface area contributed by atoms with E-state index >= 15 is 0 Å². The summed E-state index contributed by atoms with van der Waals surface area (Å²) in [5.74, 6) is 1.85. The Hall–Kier alpha value is -1.88. The molecule has 1 heterocycles. The van der Waals surface area contributed by atoms with E-state index in [1.807, 2.05) is 38.1 Å². The van der Waals surface area contributed by atoms with Crippen molar-refractivity contribution in [3.63, 3.8) is 0 Å². The van der Waals surface area contributed by atoms with E-state index in [0.717, 1.165) is 11.3 Å². The molecule has 0 bridgehead atoms. The molecule has 5 nitrogen and oxygen atoms in total. The number of rotatable bonds is 5. The Bertz CT molecular complexity index is 537. The molecule has 5 heteroatoms. The average molecular weight is 262 g/mol. The maximum Gasteiger partial charge on any atom is 0.229 e. The van der Waals surface area contributed by atoms with Crippen LogP contribution in [0.4, 0.5) is 0 Å². The normalized spacial score (nSPS) is 12.7. The Labute approximate surface area is 112 Å². The van der Waals surface area contributed by atoms with Crippen LogP contribution in [0, 0.1) is 5.92 Å². The molecule has 2 aromatic rings. The third kappa shape index (κ3) is 3.32. The number of benzene rings is 1. The Morgan fingerprint density at radius 3 is 2.84 bits per heavy atom. The van der Waals surface area contributed by atoms with Crippen LogP contribution < -0.4 is 4.74 Å². The number of ether oxygens (including phenoxy) is 1. The first-order valence-corrected chi connectivity index (χ1v) is 6.25. The van der Waals surface area contributed by atoms with Gasteiger partial charge in [-0.25, -0.2) is 0 Å². The second-order valence-electron chi connectivity index (χ2n) is 4.76. The molecule has 0 aliphatic carbocycles. The van der Waals surface area contributed by atoms with Gasteiger partial charge in [0.05, 0.1) is 19.6 Å². The Morgan fingerprint density at radius 1 is 1.37 bits per heavy atom. The number of methoxy groups -OCH3 is 1. The summed E-state index contributed by atoms with van der Waals surface area (Å²) < 4.78 is 10.3. The highest BCUT2D eigenvalue weighted by Gasteiger charge is 2.16. The fraction of sp³-hybridized carbons (Fsp3) is 0.429. The van der Waals surface area contributed by atoms with Crippen molar-refractivity contribution in [3.8, 4) is 17.1 Å². The van der Waals surface area contributed by atoms with E-state index in [1.165, 1.54) is 0 Å². The smallest absolute Gasteiger partial charge is 0.229 e. The summed E-state index contributed by atoms with van der Waals surface area (Å²) in [6.07, 6.45) is -0.104. The van der Waals surface area contributed by atoms with Gasteiger partial charge < -0.3 is 14.4 Å². The summed E-state index contributed by atoms with van der Waals surface area (Å²) in [5, 5.41) is 13.7. The molecule has 1 N–H and O–H groups in total. The molecule has 2 rings (SSSR count). The average Bonchev–Trinajstić information content (AvgIpc) is 2.87. The Balaban J connectivity index is 2.16. The second-order valence-corrected chi connectivity index (χ2v) is 4.76. The molecule has 1 atom stereocenters. The lowest BCUT2D eigenvalue weighted by Gasteiger charge is -2.10. The highest BCUT2D eigenvalue weighted by atomic mass is 16.5. The van der Waals surface area contributed by atoms with Gasteiger partial charge in [0, 0.05) is 5.56 Å². The summed E-state index contributed by atoms with van der Waals surface area (Å²) in [6, 6.07) is 7.45. The number of nitrogens with zero attached hydrogens (tertiary/aromatic N) is 2. The van der Waals surface area contributed by atoms with Crippen molar-refractivity contribution < 1.29 is 14.4 Å². The molecule has 102 valence electrons. The zero-order valence-electron chi connectivity index (χ0n) is 11.3. The minimum atomic E-state index is -0.474. The van der Waals surface area contributed by atoms with Crippen molar-refractivity contribution in [1.82, 2.24) is 10.1 Å². The third-order valence-electron chi connectivity index (χ3n) is 2.95. The lowest BCUT2D eigenvalue weighted by atomic mass is 10.0. The van der Waals surface area contributed by atoms with Crippen LogP contribution in [0.5, 0.6) is 5.75 Å². The predicted octanol–water partition coefficient (Wildman–Crippen LogP) is 2.30. The van der Waals surface area contributed by atoms with Crippen LogP contribution in [0.1, 0.15) is 19.7 Å². The van der Waals surface area contributed by atoms with Crippen LogP contribution >= 0.6 is 0 Å². The summed E-state index contributed by atoms with van der Waals surface area (Å²) >= 11 is 0. The number of aliphatic hydroxyl groups excluding tert-OH is 1. The number of aromatic nitrogens is 2. The summed E-state index contributed by atoms with van der Waals surface area (Å²) in [6.45, 7) is 3.90. The largest absolute Gasteiger partial charge is 0.497 e. The zero-order chi connectivity index (χ0) is 13.8. The Morgan fingerprint density at radius 2 is 2.16 bits per heavy atom. The molecular formula is C14H18N2O3. The van der Waals surface area contributed by atoms with Gasteiger partial charge in [0.25, 0.3) is 0 Å². The third-order valence-corrected chi connectivity index (χ3v) is 2.95. The Kier molecular flexibility index (Phi) is 4.16. The molecule has 0 fully saturated rings. The van der Waals surface area contributed by atoms with Crippen molar-refractivity contribution in [1.29, 1.82) is 0 Å². The van der Waals surface area contributed by atoms with Crippen LogP contribution in [0.2, 0.25) is 0 Å². The van der Waals surface area contributed by atoms with Gasteiger partial charge in [0.2, 0.25) is 11.7 Å². The molecule has 0 spiro atoms. The highest BCUT2D eigenvalue weighted by molar-refractivity contribution is 5.56. The van der Waals surface area contributed by atoms with Crippen LogP contribution in [0.25, 0.3) is 11.4 Å². The SMILES string of the molecule is COc1cccc(-c2noc(C[C@H](O)C(C)C)n2)c1. The van der Waals surface area contributed by atoms with Gasteiger partial charge in [-0.05, 0) is 18.1 Å². The quantitative estimate of drug-likeness (QED) is 0.895. The van der Waals surface area contributed by atoms with E-state index in [4.69, 9.17) is 9.26 Å². The van der Waals surface area contributed by atoms with Crippen LogP contribution in [-0.2, 0) is 6.42 Å². The van der Waals surface area contributed by atoms with E-state index < -0.39 is 6.10 Å². The number of hydrogen-bond donors (Lipinski definition) is 1. The molecule has 1 aromatic heterocycles. The molecule has 0 unspecified atom stereocenters. The number of hydrogen-bond acceptors (Lipinski definition) is 5. The first kappa shape index (κ1) is 13.5. The molecule has 0 amide bonds. The minimum Gasteiger partial charge on any atom is -0.497 e. The topological polar surface area (TPSA) is 68.4 Å². The molecule has 0 aliphatic heterocycles. The van der Waals surface area contributed by atoms with Gasteiger partial charge >= 0.3 is 0 Å². The van der Waals surface area contributed by atoms with Crippen LogP contribution in [-0.4, -0.2) is 28.5 Å². The van der Waals surface area contributed by atoms with Gasteiger partial charge in [0.15, 0.2) is 0 Å². The molecule has 0 saturated heterocycles. The zero-order valence-corrected chi connectivity index (χ0v) is 11.3. The van der Waals surface area contributed by atoms with Gasteiger partial charge in [-0.1, -0.05) is 31.1 Å². The van der Waals surface area contributed by atoms with E-state index in [0.29, 0.717) is 18.1 Å². The molecule has 1 aromatic carbocycles. The predicted molar refractivity (Wildman–Crippen MR) is 70.8 cm³/mol. The van der Waals surface area contributed by atoms with Crippen molar-refractivity contribution >= 4 is 0 Å². The summed E-state index contributed by atoms with van der Waals surface area (Å²) in [4.78, 5) is 4.28. The first-order valence-electron chi connectivity index (χ1n) is 6.25. The van der Waals surface area contributed by atoms with Crippen molar-refractivity contribution in [2.45, 2.75) is 26.4 Å². The van der Waals surface area contributed by atoms with E-state index in [2.05, 4.69) is 10.1 Å². The van der Waals surface area contributed by atoms with Gasteiger partial charge in [0.1, 0.15) is 5.75 Å². The standard InChI is InChI=1S/C14H18N2O3/c1-9(2)12(17)8-13-15-14(16-19-13)10-5-4-6-11(7-10)18-3/h4-7,9,12,17H,8H2,1-3H3/t12-/m0/s1. The van der Waals surface area contributed by atoms with E-state index in [1.54, 1.807) is 7.11 Å². The maximum absolute atomic E-state index is 9.79. The molecular weight excluding hydrogens is 244 g/mol. The fourth-order valence-electron chi connectivity index (χ4n) is 1.63. The summed E-state index contributed by atoms with van der Waals surface area (Å²) in [7, 11) is 1.61. The van der Waals surface area contributed by atoms with Crippen molar-refractivity contribution in [2.24, 2.45) is 5.92 Å². The second kappa shape index (κ2) is 5.84. The van der Waals surface area contributed by atoms with Crippen molar-refractivity contribution in [2.75, 3.05) is 7.11 Å². The molecule has 0 aliphatic rings. The van der Waals surface area contributed by atoms with E-state index in [-0.39, 0.29) is 5.92 Å². The molecule has 0 radical (unpaired) electrons. The van der Waals surface area contributed by atoms with Crippen LogP contribution in [0.15, 0.2) is 28.8 Å². The molecule has 0 saturated carbocycles. The summed E-state index contributed by atoms with van der Waals surface area (Å²) in [5.41, 5.74) is 0.827. The van der Waals surface area contributed by atoms with Gasteiger partial charge in [-0.15, -0.1) is 0 Å². The van der Waals surface area contributed by atoms with Crippen LogP contribution in [0.3, 0.4) is 0 Å². The van der Waals surface area contributed by atoms with E-state index in [9.17, 15) is 5.11 Å². The molecule has 19 heavy (non-hydrogen) atoms. The number of aliphatic hydroxyl groups is 1. The van der Waals surface area contributed by atoms with Gasteiger partial charge in [-0.2, -0.15) is 4.98 Å². The monoisotopic (exact) mass is 262 g/mol. The maximum atomic E-state index is 9.79. The van der Waals surface area contributed by atoms with Gasteiger partial charge in [-0.3, -0.25) is 0 Å². The highest BCUT2D eigenvalue weighted by Crippen LogP contribution is 2.21. The lowest BCUT2D eigenvalue weighted by Crippen LogP contribution is -2.17. The van der Waals surface area contributed by atoms with Crippen molar-refractivity contribution in [3.05, 3.63) is 30.2 Å². The fourth-order valence-corrected chi connectivity index (χ4v) is 1.63. The first-order chi connectivity index (χ1) is 9.10. The minimum absolute atomic E-state index is 0.159. The lowest BCUT2D eigenvalue weighted by molar-refractivity contribution is 0.116.